The third kappa shape index (κ3) is 1.93. The van der Waals surface area contributed by atoms with Gasteiger partial charge in [-0.15, -0.1) is 0 Å². The first kappa shape index (κ1) is 13.5. The standard InChI is InChI=1S/C15H9Br2NO2/c16-15(17)11-8-4-5-9-12(11)18(14(15)20)13(19)10-6-2-1-3-7-10/h1-9H. The lowest BCUT2D eigenvalue weighted by atomic mass is 10.1. The topological polar surface area (TPSA) is 37.4 Å². The fourth-order valence-corrected chi connectivity index (χ4v) is 3.24. The Morgan fingerprint density at radius 2 is 1.55 bits per heavy atom. The van der Waals surface area contributed by atoms with Gasteiger partial charge >= 0.3 is 0 Å². The highest BCUT2D eigenvalue weighted by Crippen LogP contribution is 2.50. The van der Waals surface area contributed by atoms with Gasteiger partial charge in [0.1, 0.15) is 0 Å². The predicted octanol–water partition coefficient (Wildman–Crippen LogP) is 3.82. The number of carbonyl (C=O) groups is 2. The van der Waals surface area contributed by atoms with Crippen molar-refractivity contribution in [1.82, 2.24) is 0 Å². The van der Waals surface area contributed by atoms with Gasteiger partial charge in [0.05, 0.1) is 5.69 Å². The van der Waals surface area contributed by atoms with Gasteiger partial charge in [-0.05, 0) is 18.2 Å². The van der Waals surface area contributed by atoms with Gasteiger partial charge in [-0.25, -0.2) is 4.90 Å². The second-order valence-electron chi connectivity index (χ2n) is 4.40. The van der Waals surface area contributed by atoms with Crippen molar-refractivity contribution in [3.63, 3.8) is 0 Å². The van der Waals surface area contributed by atoms with Crippen molar-refractivity contribution in [2.24, 2.45) is 0 Å². The second-order valence-corrected chi connectivity index (χ2v) is 7.85. The number of benzene rings is 2. The minimum absolute atomic E-state index is 0.330. The molecule has 1 heterocycles. The summed E-state index contributed by atoms with van der Waals surface area (Å²) in [6.45, 7) is 0. The van der Waals surface area contributed by atoms with E-state index in [1.165, 1.54) is 4.90 Å². The molecule has 2 amide bonds. The first-order valence-corrected chi connectivity index (χ1v) is 7.53. The maximum Gasteiger partial charge on any atom is 0.266 e. The summed E-state index contributed by atoms with van der Waals surface area (Å²) in [6, 6.07) is 16.0. The Morgan fingerprint density at radius 3 is 2.25 bits per heavy atom. The molecule has 0 aliphatic carbocycles. The van der Waals surface area contributed by atoms with E-state index in [9.17, 15) is 9.59 Å². The smallest absolute Gasteiger partial charge is 0.266 e. The van der Waals surface area contributed by atoms with E-state index < -0.39 is 3.23 Å². The quantitative estimate of drug-likeness (QED) is 0.544. The van der Waals surface area contributed by atoms with Gasteiger partial charge in [-0.2, -0.15) is 0 Å². The lowest BCUT2D eigenvalue weighted by molar-refractivity contribution is -0.117. The van der Waals surface area contributed by atoms with Gasteiger partial charge in [-0.3, -0.25) is 9.59 Å². The van der Waals surface area contributed by atoms with Crippen LogP contribution in [0.4, 0.5) is 5.69 Å². The molecule has 0 radical (unpaired) electrons. The van der Waals surface area contributed by atoms with Gasteiger partial charge in [0.25, 0.3) is 11.8 Å². The fraction of sp³-hybridized carbons (Fsp3) is 0.0667. The zero-order chi connectivity index (χ0) is 14.3. The SMILES string of the molecule is O=C(c1ccccc1)N1C(=O)C(Br)(Br)c2ccccc21. The molecule has 0 unspecified atom stereocenters. The second kappa shape index (κ2) is 4.82. The van der Waals surface area contributed by atoms with Crippen LogP contribution in [0, 0.1) is 0 Å². The Kier molecular flexibility index (Phi) is 3.26. The summed E-state index contributed by atoms with van der Waals surface area (Å²) in [5.74, 6) is -0.670. The minimum atomic E-state index is -1.04. The highest BCUT2D eigenvalue weighted by Gasteiger charge is 2.49. The highest BCUT2D eigenvalue weighted by atomic mass is 79.9. The maximum absolute atomic E-state index is 12.6. The Balaban J connectivity index is 2.12. The number of fused-ring (bicyclic) bond motifs is 1. The first-order chi connectivity index (χ1) is 9.53. The average Bonchev–Trinajstić information content (AvgIpc) is 2.67. The number of halogens is 2. The molecule has 5 heteroatoms. The average molecular weight is 395 g/mol. The van der Waals surface area contributed by atoms with E-state index in [2.05, 4.69) is 31.9 Å². The zero-order valence-corrected chi connectivity index (χ0v) is 13.4. The van der Waals surface area contributed by atoms with Gasteiger partial charge in [-0.1, -0.05) is 68.3 Å². The van der Waals surface area contributed by atoms with Gasteiger partial charge in [0, 0.05) is 11.1 Å². The van der Waals surface area contributed by atoms with Gasteiger partial charge in [0.15, 0.2) is 3.23 Å². The van der Waals surface area contributed by atoms with Crippen LogP contribution in [0.15, 0.2) is 54.6 Å². The van der Waals surface area contributed by atoms with Crippen molar-refractivity contribution in [2.75, 3.05) is 4.90 Å². The monoisotopic (exact) mass is 393 g/mol. The number of hydrogen-bond acceptors (Lipinski definition) is 2. The molecule has 3 nitrogen and oxygen atoms in total. The molecule has 0 fully saturated rings. The largest absolute Gasteiger partial charge is 0.271 e. The fourth-order valence-electron chi connectivity index (χ4n) is 2.21. The van der Waals surface area contributed by atoms with Gasteiger partial charge < -0.3 is 0 Å². The minimum Gasteiger partial charge on any atom is -0.271 e. The van der Waals surface area contributed by atoms with Crippen molar-refractivity contribution in [3.05, 3.63) is 65.7 Å². The lowest BCUT2D eigenvalue weighted by Crippen LogP contribution is -2.37. The first-order valence-electron chi connectivity index (χ1n) is 5.95. The number of nitrogens with zero attached hydrogens (tertiary/aromatic N) is 1. The zero-order valence-electron chi connectivity index (χ0n) is 10.2. The summed E-state index contributed by atoms with van der Waals surface area (Å²) in [5.41, 5.74) is 1.81. The van der Waals surface area contributed by atoms with Crippen LogP contribution in [-0.2, 0) is 8.03 Å². The molecular formula is C15H9Br2NO2. The number of rotatable bonds is 1. The summed E-state index contributed by atoms with van der Waals surface area (Å²) >= 11 is 6.72. The number of hydrogen-bond donors (Lipinski definition) is 0. The van der Waals surface area contributed by atoms with Crippen molar-refractivity contribution in [2.45, 2.75) is 3.23 Å². The van der Waals surface area contributed by atoms with E-state index in [4.69, 9.17) is 0 Å². The molecule has 0 aromatic heterocycles. The van der Waals surface area contributed by atoms with E-state index in [1.54, 1.807) is 36.4 Å². The van der Waals surface area contributed by atoms with Crippen LogP contribution in [0.25, 0.3) is 0 Å². The summed E-state index contributed by atoms with van der Waals surface area (Å²) in [7, 11) is 0. The normalized spacial score (nSPS) is 16.1. The molecule has 0 atom stereocenters. The van der Waals surface area contributed by atoms with E-state index in [0.717, 1.165) is 5.56 Å². The van der Waals surface area contributed by atoms with E-state index in [-0.39, 0.29) is 11.8 Å². The summed E-state index contributed by atoms with van der Waals surface area (Å²) in [5, 5.41) is 0. The summed E-state index contributed by atoms with van der Waals surface area (Å²) < 4.78 is -1.04. The molecule has 20 heavy (non-hydrogen) atoms. The van der Waals surface area contributed by atoms with Crippen LogP contribution in [0.3, 0.4) is 0 Å². The molecular weight excluding hydrogens is 386 g/mol. The number of carbonyl (C=O) groups excluding carboxylic acids is 2. The maximum atomic E-state index is 12.6. The lowest BCUT2D eigenvalue weighted by Gasteiger charge is -2.16. The Morgan fingerprint density at radius 1 is 0.950 bits per heavy atom. The van der Waals surface area contributed by atoms with Crippen LogP contribution in [0.2, 0.25) is 0 Å². The Hall–Kier alpha value is -1.46. The number of imide groups is 1. The Bertz CT molecular complexity index is 698. The molecule has 3 rings (SSSR count). The van der Waals surface area contributed by atoms with Crippen LogP contribution in [-0.4, -0.2) is 11.8 Å². The van der Waals surface area contributed by atoms with E-state index in [0.29, 0.717) is 11.3 Å². The molecule has 0 spiro atoms. The van der Waals surface area contributed by atoms with Crippen LogP contribution < -0.4 is 4.90 Å². The van der Waals surface area contributed by atoms with Crippen LogP contribution in [0.5, 0.6) is 0 Å². The van der Waals surface area contributed by atoms with E-state index >= 15 is 0 Å². The molecule has 2 aromatic carbocycles. The third-order valence-electron chi connectivity index (χ3n) is 3.18. The molecule has 1 aliphatic heterocycles. The van der Waals surface area contributed by atoms with E-state index in [1.807, 2.05) is 18.2 Å². The molecule has 100 valence electrons. The highest BCUT2D eigenvalue weighted by molar-refractivity contribution is 9.25. The van der Waals surface area contributed by atoms with Crippen molar-refractivity contribution in [1.29, 1.82) is 0 Å². The van der Waals surface area contributed by atoms with Crippen molar-refractivity contribution >= 4 is 49.4 Å². The molecule has 0 saturated carbocycles. The van der Waals surface area contributed by atoms with Crippen LogP contribution in [0.1, 0.15) is 15.9 Å². The molecule has 2 aromatic rings. The molecule has 0 N–H and O–H groups in total. The number of alkyl halides is 2. The molecule has 1 aliphatic rings. The van der Waals surface area contributed by atoms with Crippen molar-refractivity contribution in [3.8, 4) is 0 Å². The molecule has 0 saturated heterocycles. The van der Waals surface area contributed by atoms with Crippen LogP contribution >= 0.6 is 31.9 Å². The summed E-state index contributed by atoms with van der Waals surface area (Å²) in [4.78, 5) is 26.3. The molecule has 0 bridgehead atoms. The summed E-state index contributed by atoms with van der Waals surface area (Å²) in [6.07, 6.45) is 0. The Labute approximate surface area is 132 Å². The van der Waals surface area contributed by atoms with Crippen molar-refractivity contribution < 1.29 is 9.59 Å². The third-order valence-corrected chi connectivity index (χ3v) is 4.71. The number of anilines is 1. The number of amides is 2. The number of para-hydroxylation sites is 1. The van der Waals surface area contributed by atoms with Gasteiger partial charge in [0.2, 0.25) is 0 Å². The predicted molar refractivity (Wildman–Crippen MR) is 84.2 cm³/mol.